The highest BCUT2D eigenvalue weighted by atomic mass is 79.9. The molecule has 0 unspecified atom stereocenters. The second-order valence-corrected chi connectivity index (χ2v) is 4.58. The van der Waals surface area contributed by atoms with Gasteiger partial charge in [-0.1, -0.05) is 34.1 Å². The van der Waals surface area contributed by atoms with E-state index in [2.05, 4.69) is 26.0 Å². The predicted octanol–water partition coefficient (Wildman–Crippen LogP) is 2.74. The summed E-state index contributed by atoms with van der Waals surface area (Å²) in [5, 5.41) is 4.38. The number of pyridine rings is 1. The van der Waals surface area contributed by atoms with Crippen LogP contribution in [0.1, 0.15) is 0 Å². The van der Waals surface area contributed by atoms with Gasteiger partial charge in [0, 0.05) is 10.0 Å². The number of rotatable bonds is 1. The van der Waals surface area contributed by atoms with Gasteiger partial charge in [0.25, 0.3) is 0 Å². The first-order valence-corrected chi connectivity index (χ1v) is 5.90. The average molecular weight is 289 g/mol. The first-order valence-electron chi connectivity index (χ1n) is 5.11. The van der Waals surface area contributed by atoms with E-state index >= 15 is 0 Å². The summed E-state index contributed by atoms with van der Waals surface area (Å²) in [7, 11) is 0. The molecule has 17 heavy (non-hydrogen) atoms. The Bertz CT molecular complexity index is 690. The molecular formula is C12H9BrN4. The van der Waals surface area contributed by atoms with E-state index in [1.807, 2.05) is 36.4 Å². The van der Waals surface area contributed by atoms with Crippen LogP contribution in [0.5, 0.6) is 0 Å². The molecule has 0 bridgehead atoms. The van der Waals surface area contributed by atoms with Crippen molar-refractivity contribution in [3.05, 3.63) is 46.9 Å². The maximum Gasteiger partial charge on any atom is 0.182 e. The van der Waals surface area contributed by atoms with E-state index < -0.39 is 0 Å². The van der Waals surface area contributed by atoms with E-state index in [1.54, 1.807) is 10.6 Å². The van der Waals surface area contributed by atoms with Crippen LogP contribution in [0.4, 0.5) is 5.82 Å². The molecule has 3 aromatic rings. The maximum absolute atomic E-state index is 5.83. The van der Waals surface area contributed by atoms with Gasteiger partial charge in [0.05, 0.1) is 0 Å². The number of nitrogens with two attached hydrogens (primary N) is 1. The first-order chi connectivity index (χ1) is 8.24. The van der Waals surface area contributed by atoms with Gasteiger partial charge in [0.1, 0.15) is 5.82 Å². The van der Waals surface area contributed by atoms with Gasteiger partial charge in [-0.3, -0.25) is 0 Å². The molecule has 0 aliphatic heterocycles. The molecule has 2 heterocycles. The number of nitrogens with zero attached hydrogens (tertiary/aromatic N) is 3. The standard InChI is InChI=1S/C12H9BrN4/c13-9-4-1-3-8(7-9)12-15-11-6-2-5-10(14)17(11)16-12/h1-7H,14H2. The third kappa shape index (κ3) is 1.78. The normalized spacial score (nSPS) is 10.9. The summed E-state index contributed by atoms with van der Waals surface area (Å²) < 4.78 is 2.64. The SMILES string of the molecule is Nc1cccc2nc(-c3cccc(Br)c3)nn12. The van der Waals surface area contributed by atoms with Gasteiger partial charge in [-0.2, -0.15) is 4.52 Å². The summed E-state index contributed by atoms with van der Waals surface area (Å²) in [6.07, 6.45) is 0. The Morgan fingerprint density at radius 3 is 2.71 bits per heavy atom. The Labute approximate surface area is 106 Å². The number of nitrogen functional groups attached to an aromatic ring is 1. The van der Waals surface area contributed by atoms with Crippen molar-refractivity contribution >= 4 is 27.4 Å². The van der Waals surface area contributed by atoms with E-state index in [4.69, 9.17) is 5.73 Å². The van der Waals surface area contributed by atoms with Gasteiger partial charge < -0.3 is 5.73 Å². The quantitative estimate of drug-likeness (QED) is 0.749. The summed E-state index contributed by atoms with van der Waals surface area (Å²) in [6.45, 7) is 0. The molecule has 1 aromatic carbocycles. The first kappa shape index (κ1) is 10.3. The van der Waals surface area contributed by atoms with Crippen LogP contribution < -0.4 is 5.73 Å². The topological polar surface area (TPSA) is 56.2 Å². The van der Waals surface area contributed by atoms with Gasteiger partial charge in [-0.05, 0) is 24.3 Å². The average Bonchev–Trinajstić information content (AvgIpc) is 2.74. The number of aromatic nitrogens is 3. The molecule has 0 saturated heterocycles. The minimum absolute atomic E-state index is 0.580. The predicted molar refractivity (Wildman–Crippen MR) is 70.5 cm³/mol. The van der Waals surface area contributed by atoms with Crippen LogP contribution in [-0.4, -0.2) is 14.6 Å². The number of fused-ring (bicyclic) bond motifs is 1. The van der Waals surface area contributed by atoms with Gasteiger partial charge in [-0.15, -0.1) is 5.10 Å². The monoisotopic (exact) mass is 288 g/mol. The van der Waals surface area contributed by atoms with Crippen molar-refractivity contribution in [3.8, 4) is 11.4 Å². The van der Waals surface area contributed by atoms with E-state index in [0.29, 0.717) is 11.6 Å². The van der Waals surface area contributed by atoms with Crippen molar-refractivity contribution in [1.29, 1.82) is 0 Å². The van der Waals surface area contributed by atoms with Crippen molar-refractivity contribution in [2.75, 3.05) is 5.73 Å². The van der Waals surface area contributed by atoms with Gasteiger partial charge in [-0.25, -0.2) is 4.98 Å². The number of benzene rings is 1. The fraction of sp³-hybridized carbons (Fsp3) is 0. The van der Waals surface area contributed by atoms with Crippen LogP contribution in [0, 0.1) is 0 Å². The zero-order valence-electron chi connectivity index (χ0n) is 8.84. The molecule has 2 aromatic heterocycles. The highest BCUT2D eigenvalue weighted by molar-refractivity contribution is 9.10. The van der Waals surface area contributed by atoms with Crippen LogP contribution >= 0.6 is 15.9 Å². The van der Waals surface area contributed by atoms with Crippen molar-refractivity contribution < 1.29 is 0 Å². The number of anilines is 1. The lowest BCUT2D eigenvalue weighted by Crippen LogP contribution is -1.97. The van der Waals surface area contributed by atoms with Gasteiger partial charge in [0.2, 0.25) is 0 Å². The van der Waals surface area contributed by atoms with Crippen LogP contribution in [0.2, 0.25) is 0 Å². The van der Waals surface area contributed by atoms with Gasteiger partial charge in [0.15, 0.2) is 11.5 Å². The molecule has 0 spiro atoms. The molecule has 0 aliphatic rings. The van der Waals surface area contributed by atoms with Gasteiger partial charge >= 0.3 is 0 Å². The Morgan fingerprint density at radius 1 is 1.12 bits per heavy atom. The smallest absolute Gasteiger partial charge is 0.182 e. The molecule has 0 fully saturated rings. The molecule has 2 N–H and O–H groups in total. The zero-order chi connectivity index (χ0) is 11.8. The Balaban J connectivity index is 2.22. The van der Waals surface area contributed by atoms with Crippen molar-refractivity contribution in [2.45, 2.75) is 0 Å². The Morgan fingerprint density at radius 2 is 1.94 bits per heavy atom. The molecule has 0 radical (unpaired) electrons. The second kappa shape index (κ2) is 3.85. The zero-order valence-corrected chi connectivity index (χ0v) is 10.4. The minimum atomic E-state index is 0.580. The number of halogens is 1. The molecule has 4 nitrogen and oxygen atoms in total. The number of hydrogen-bond donors (Lipinski definition) is 1. The third-order valence-corrected chi connectivity index (χ3v) is 2.97. The fourth-order valence-electron chi connectivity index (χ4n) is 1.68. The van der Waals surface area contributed by atoms with Crippen LogP contribution in [0.15, 0.2) is 46.9 Å². The molecule has 0 aliphatic carbocycles. The van der Waals surface area contributed by atoms with E-state index in [1.165, 1.54) is 0 Å². The maximum atomic E-state index is 5.83. The molecule has 0 atom stereocenters. The summed E-state index contributed by atoms with van der Waals surface area (Å²) in [6, 6.07) is 13.4. The molecule has 0 saturated carbocycles. The molecule has 3 rings (SSSR count). The van der Waals surface area contributed by atoms with Crippen LogP contribution in [0.25, 0.3) is 17.0 Å². The molecule has 5 heteroatoms. The highest BCUT2D eigenvalue weighted by Gasteiger charge is 2.07. The van der Waals surface area contributed by atoms with Crippen molar-refractivity contribution in [1.82, 2.24) is 14.6 Å². The summed E-state index contributed by atoms with van der Waals surface area (Å²) in [5.41, 5.74) is 7.54. The van der Waals surface area contributed by atoms with Crippen LogP contribution in [0.3, 0.4) is 0 Å². The van der Waals surface area contributed by atoms with E-state index in [0.717, 1.165) is 15.7 Å². The lowest BCUT2D eigenvalue weighted by molar-refractivity contribution is 0.978. The lowest BCUT2D eigenvalue weighted by atomic mass is 10.2. The van der Waals surface area contributed by atoms with Crippen LogP contribution in [-0.2, 0) is 0 Å². The Hall–Kier alpha value is -1.88. The highest BCUT2D eigenvalue weighted by Crippen LogP contribution is 2.21. The largest absolute Gasteiger partial charge is 0.384 e. The van der Waals surface area contributed by atoms with Crippen molar-refractivity contribution in [2.24, 2.45) is 0 Å². The number of hydrogen-bond acceptors (Lipinski definition) is 3. The fourth-order valence-corrected chi connectivity index (χ4v) is 2.07. The second-order valence-electron chi connectivity index (χ2n) is 3.67. The molecule has 84 valence electrons. The van der Waals surface area contributed by atoms with E-state index in [9.17, 15) is 0 Å². The molecular weight excluding hydrogens is 280 g/mol. The third-order valence-electron chi connectivity index (χ3n) is 2.47. The Kier molecular flexibility index (Phi) is 2.33. The summed E-state index contributed by atoms with van der Waals surface area (Å²) in [4.78, 5) is 4.44. The van der Waals surface area contributed by atoms with Crippen molar-refractivity contribution in [3.63, 3.8) is 0 Å². The minimum Gasteiger partial charge on any atom is -0.384 e. The summed E-state index contributed by atoms with van der Waals surface area (Å²) in [5.74, 6) is 1.25. The van der Waals surface area contributed by atoms with E-state index in [-0.39, 0.29) is 0 Å². The lowest BCUT2D eigenvalue weighted by Gasteiger charge is -1.95. The summed E-state index contributed by atoms with van der Waals surface area (Å²) >= 11 is 3.43. The molecule has 0 amide bonds.